The van der Waals surface area contributed by atoms with Crippen molar-refractivity contribution in [3.8, 4) is 0 Å². The van der Waals surface area contributed by atoms with Gasteiger partial charge in [0.25, 0.3) is 17.7 Å². The lowest BCUT2D eigenvalue weighted by molar-refractivity contribution is -0.120. The normalized spacial score (nSPS) is 16.5. The van der Waals surface area contributed by atoms with E-state index in [4.69, 9.17) is 16.3 Å². The molecule has 0 saturated heterocycles. The summed E-state index contributed by atoms with van der Waals surface area (Å²) in [5.74, 6) is -2.01. The van der Waals surface area contributed by atoms with E-state index in [1.165, 1.54) is 30.7 Å². The number of carbonyl (C=O) groups is 4. The molecule has 4 rings (SSSR count). The molecule has 188 valence electrons. The molecule has 0 atom stereocenters. The highest BCUT2D eigenvalue weighted by Crippen LogP contribution is 2.30. The van der Waals surface area contributed by atoms with Crippen molar-refractivity contribution in [3.05, 3.63) is 70.4 Å². The molecule has 0 aromatic heterocycles. The van der Waals surface area contributed by atoms with E-state index in [0.29, 0.717) is 16.8 Å². The van der Waals surface area contributed by atoms with Crippen LogP contribution < -0.4 is 15.5 Å². The van der Waals surface area contributed by atoms with Crippen LogP contribution >= 0.6 is 11.6 Å². The maximum Gasteiger partial charge on any atom is 0.338 e. The average molecular weight is 510 g/mol. The van der Waals surface area contributed by atoms with Crippen molar-refractivity contribution >= 4 is 46.7 Å². The summed E-state index contributed by atoms with van der Waals surface area (Å²) in [5.41, 5.74) is 1.37. The molecule has 8 nitrogen and oxygen atoms in total. The Bertz CT molecular complexity index is 1220. The minimum Gasteiger partial charge on any atom is -0.459 e. The van der Waals surface area contributed by atoms with Crippen molar-refractivity contribution in [1.29, 1.82) is 0 Å². The van der Waals surface area contributed by atoms with Crippen LogP contribution in [0.15, 0.2) is 59.3 Å². The number of halogens is 1. The molecule has 1 saturated carbocycles. The third kappa shape index (κ3) is 5.60. The van der Waals surface area contributed by atoms with Gasteiger partial charge in [-0.15, -0.1) is 0 Å². The summed E-state index contributed by atoms with van der Waals surface area (Å²) in [4.78, 5) is 51.6. The molecule has 0 unspecified atom stereocenters. The van der Waals surface area contributed by atoms with Gasteiger partial charge in [0.15, 0.2) is 0 Å². The van der Waals surface area contributed by atoms with E-state index in [2.05, 4.69) is 10.6 Å². The van der Waals surface area contributed by atoms with Crippen molar-refractivity contribution in [2.24, 2.45) is 0 Å². The Balaban J connectivity index is 1.47. The number of nitrogens with zero attached hydrogens (tertiary/aromatic N) is 1. The van der Waals surface area contributed by atoms with Gasteiger partial charge in [0.05, 0.1) is 17.4 Å². The molecule has 0 radical (unpaired) electrons. The molecule has 1 heterocycles. The second-order valence-corrected chi connectivity index (χ2v) is 9.53. The smallest absolute Gasteiger partial charge is 0.338 e. The van der Waals surface area contributed by atoms with Gasteiger partial charge in [0.1, 0.15) is 10.7 Å². The van der Waals surface area contributed by atoms with E-state index in [1.807, 2.05) is 0 Å². The summed E-state index contributed by atoms with van der Waals surface area (Å²) in [6, 6.07) is 12.8. The lowest BCUT2D eigenvalue weighted by atomic mass is 9.95. The Morgan fingerprint density at radius 3 is 2.33 bits per heavy atom. The summed E-state index contributed by atoms with van der Waals surface area (Å²) < 4.78 is 5.16. The predicted molar refractivity (Wildman–Crippen MR) is 137 cm³/mol. The second-order valence-electron chi connectivity index (χ2n) is 9.15. The zero-order valence-electron chi connectivity index (χ0n) is 20.2. The van der Waals surface area contributed by atoms with Crippen LogP contribution in [-0.2, 0) is 14.3 Å². The Morgan fingerprint density at radius 1 is 0.972 bits per heavy atom. The minimum atomic E-state index is -0.687. The number of amides is 3. The summed E-state index contributed by atoms with van der Waals surface area (Å²) >= 11 is 6.24. The van der Waals surface area contributed by atoms with Gasteiger partial charge in [-0.05, 0) is 69.2 Å². The van der Waals surface area contributed by atoms with Crippen molar-refractivity contribution in [2.75, 3.05) is 10.2 Å². The third-order valence-electron chi connectivity index (χ3n) is 6.07. The van der Waals surface area contributed by atoms with Gasteiger partial charge in [-0.1, -0.05) is 36.9 Å². The first-order valence-corrected chi connectivity index (χ1v) is 12.4. The SMILES string of the molecule is CC(C)OC(=O)c1ccc(N2C(=O)C(Cl)=C(Nc3cccc(C(=O)NC4CCCCC4)c3)C2=O)cc1. The van der Waals surface area contributed by atoms with Gasteiger partial charge in [-0.2, -0.15) is 0 Å². The van der Waals surface area contributed by atoms with Gasteiger partial charge in [0, 0.05) is 17.3 Å². The molecule has 36 heavy (non-hydrogen) atoms. The lowest BCUT2D eigenvalue weighted by Gasteiger charge is -2.22. The van der Waals surface area contributed by atoms with E-state index >= 15 is 0 Å². The Hall–Kier alpha value is -3.65. The number of ether oxygens (including phenoxy) is 1. The van der Waals surface area contributed by atoms with Crippen LogP contribution in [0.5, 0.6) is 0 Å². The molecule has 1 fully saturated rings. The Morgan fingerprint density at radius 2 is 1.67 bits per heavy atom. The predicted octanol–water partition coefficient (Wildman–Crippen LogP) is 4.75. The quantitative estimate of drug-likeness (QED) is 0.412. The molecule has 0 spiro atoms. The zero-order chi connectivity index (χ0) is 25.8. The van der Waals surface area contributed by atoms with Gasteiger partial charge in [0.2, 0.25) is 0 Å². The number of imide groups is 1. The summed E-state index contributed by atoms with van der Waals surface area (Å²) in [5, 5.41) is 5.70. The fourth-order valence-electron chi connectivity index (χ4n) is 4.27. The van der Waals surface area contributed by atoms with Crippen LogP contribution in [0.25, 0.3) is 0 Å². The van der Waals surface area contributed by atoms with Gasteiger partial charge in [-0.25, -0.2) is 9.69 Å². The molecule has 0 bridgehead atoms. The number of benzene rings is 2. The highest BCUT2D eigenvalue weighted by atomic mass is 35.5. The molecular formula is C27H28ClN3O5. The number of hydrogen-bond donors (Lipinski definition) is 2. The van der Waals surface area contributed by atoms with Crippen molar-refractivity contribution < 1.29 is 23.9 Å². The highest BCUT2D eigenvalue weighted by Gasteiger charge is 2.39. The van der Waals surface area contributed by atoms with E-state index < -0.39 is 17.8 Å². The fourth-order valence-corrected chi connectivity index (χ4v) is 4.49. The van der Waals surface area contributed by atoms with Crippen LogP contribution in [0.4, 0.5) is 11.4 Å². The van der Waals surface area contributed by atoms with E-state index in [0.717, 1.165) is 30.6 Å². The number of nitrogens with one attached hydrogen (secondary N) is 2. The Kier molecular flexibility index (Phi) is 7.74. The number of esters is 1. The number of anilines is 2. The molecule has 9 heteroatoms. The van der Waals surface area contributed by atoms with Crippen LogP contribution in [0.2, 0.25) is 0 Å². The van der Waals surface area contributed by atoms with Crippen LogP contribution in [0, 0.1) is 0 Å². The molecule has 2 aromatic rings. The summed E-state index contributed by atoms with van der Waals surface area (Å²) in [6.07, 6.45) is 5.08. The third-order valence-corrected chi connectivity index (χ3v) is 6.42. The standard InChI is InChI=1S/C27H28ClN3O5/c1-16(2)36-27(35)17-11-13-21(14-12-17)31-25(33)22(28)23(26(31)34)29-20-10-6-7-18(15-20)24(32)30-19-8-4-3-5-9-19/h6-7,10-16,19,29H,3-5,8-9H2,1-2H3,(H,30,32). The molecular weight excluding hydrogens is 482 g/mol. The highest BCUT2D eigenvalue weighted by molar-refractivity contribution is 6.53. The van der Waals surface area contributed by atoms with E-state index in [1.54, 1.807) is 38.1 Å². The number of hydrogen-bond acceptors (Lipinski definition) is 6. The molecule has 1 aliphatic carbocycles. The first kappa shape index (κ1) is 25.4. The molecule has 3 amide bonds. The van der Waals surface area contributed by atoms with E-state index in [-0.39, 0.29) is 34.5 Å². The maximum atomic E-state index is 13.1. The average Bonchev–Trinajstić information content (AvgIpc) is 3.07. The molecule has 2 aromatic carbocycles. The molecule has 2 N–H and O–H groups in total. The number of carbonyl (C=O) groups excluding carboxylic acids is 4. The van der Waals surface area contributed by atoms with Crippen LogP contribution in [-0.4, -0.2) is 35.8 Å². The first-order valence-electron chi connectivity index (χ1n) is 12.0. The van der Waals surface area contributed by atoms with Gasteiger partial charge in [-0.3, -0.25) is 14.4 Å². The zero-order valence-corrected chi connectivity index (χ0v) is 20.9. The maximum absolute atomic E-state index is 13.1. The first-order chi connectivity index (χ1) is 17.2. The fraction of sp³-hybridized carbons (Fsp3) is 0.333. The second kappa shape index (κ2) is 11.0. The minimum absolute atomic E-state index is 0.0881. The van der Waals surface area contributed by atoms with Crippen molar-refractivity contribution in [1.82, 2.24) is 5.32 Å². The van der Waals surface area contributed by atoms with Crippen molar-refractivity contribution in [2.45, 2.75) is 58.1 Å². The molecule has 1 aliphatic heterocycles. The largest absolute Gasteiger partial charge is 0.459 e. The lowest BCUT2D eigenvalue weighted by Crippen LogP contribution is -2.36. The van der Waals surface area contributed by atoms with Gasteiger partial charge >= 0.3 is 5.97 Å². The monoisotopic (exact) mass is 509 g/mol. The van der Waals surface area contributed by atoms with E-state index in [9.17, 15) is 19.2 Å². The topological polar surface area (TPSA) is 105 Å². The summed E-state index contributed by atoms with van der Waals surface area (Å²) in [6.45, 7) is 3.49. The van der Waals surface area contributed by atoms with Gasteiger partial charge < -0.3 is 15.4 Å². The summed E-state index contributed by atoms with van der Waals surface area (Å²) in [7, 11) is 0. The number of rotatable bonds is 7. The van der Waals surface area contributed by atoms with Crippen LogP contribution in [0.3, 0.4) is 0 Å². The molecule has 2 aliphatic rings. The Labute approximate surface area is 214 Å². The van der Waals surface area contributed by atoms with Crippen molar-refractivity contribution in [3.63, 3.8) is 0 Å². The van der Waals surface area contributed by atoms with Crippen LogP contribution in [0.1, 0.15) is 66.7 Å².